The van der Waals surface area contributed by atoms with Crippen LogP contribution in [-0.4, -0.2) is 16.1 Å². The first kappa shape index (κ1) is 15.8. The molecule has 0 aliphatic rings. The first-order chi connectivity index (χ1) is 10.0. The molecule has 5 heteroatoms. The standard InChI is InChI=1S/C16H20BrN3O/c1-4-6-13-14(17)15(18)20-16(19-13)11-7-5-8-12(9-11)21-10(2)3/h5,7-10H,4,6H2,1-3H3,(H2,18,19,20). The van der Waals surface area contributed by atoms with Crippen molar-refractivity contribution in [3.05, 3.63) is 34.4 Å². The Hall–Kier alpha value is -1.62. The lowest BCUT2D eigenvalue weighted by Crippen LogP contribution is -2.06. The second kappa shape index (κ2) is 6.89. The molecule has 0 spiro atoms. The Morgan fingerprint density at radius 1 is 1.29 bits per heavy atom. The van der Waals surface area contributed by atoms with E-state index in [-0.39, 0.29) is 6.10 Å². The molecule has 4 nitrogen and oxygen atoms in total. The largest absolute Gasteiger partial charge is 0.491 e. The lowest BCUT2D eigenvalue weighted by molar-refractivity contribution is 0.242. The molecule has 1 aromatic heterocycles. The van der Waals surface area contributed by atoms with Gasteiger partial charge in [0, 0.05) is 5.56 Å². The number of aryl methyl sites for hydroxylation is 1. The van der Waals surface area contributed by atoms with Crippen LogP contribution in [0.25, 0.3) is 11.4 Å². The van der Waals surface area contributed by atoms with Crippen LogP contribution in [0.4, 0.5) is 5.82 Å². The molecule has 112 valence electrons. The molecule has 0 fully saturated rings. The van der Waals surface area contributed by atoms with Crippen LogP contribution in [0.15, 0.2) is 28.7 Å². The second-order valence-electron chi connectivity index (χ2n) is 5.14. The summed E-state index contributed by atoms with van der Waals surface area (Å²) in [4.78, 5) is 8.99. The Morgan fingerprint density at radius 3 is 2.71 bits per heavy atom. The van der Waals surface area contributed by atoms with E-state index in [2.05, 4.69) is 32.8 Å². The summed E-state index contributed by atoms with van der Waals surface area (Å²) in [5.41, 5.74) is 7.83. The number of nitrogens with zero attached hydrogens (tertiary/aromatic N) is 2. The van der Waals surface area contributed by atoms with Crippen molar-refractivity contribution in [2.24, 2.45) is 0 Å². The Balaban J connectivity index is 2.41. The molecule has 0 radical (unpaired) electrons. The number of rotatable bonds is 5. The third-order valence-corrected chi connectivity index (χ3v) is 3.76. The first-order valence-corrected chi connectivity index (χ1v) is 7.89. The maximum atomic E-state index is 5.98. The minimum atomic E-state index is 0.131. The van der Waals surface area contributed by atoms with Crippen molar-refractivity contribution in [2.45, 2.75) is 39.7 Å². The van der Waals surface area contributed by atoms with Crippen molar-refractivity contribution >= 4 is 21.7 Å². The molecule has 21 heavy (non-hydrogen) atoms. The lowest BCUT2D eigenvalue weighted by Gasteiger charge is -2.12. The predicted octanol–water partition coefficient (Wildman–Crippen LogP) is 4.23. The van der Waals surface area contributed by atoms with E-state index in [9.17, 15) is 0 Å². The smallest absolute Gasteiger partial charge is 0.161 e. The Kier molecular flexibility index (Phi) is 5.17. The second-order valence-corrected chi connectivity index (χ2v) is 5.93. The minimum absolute atomic E-state index is 0.131. The normalized spacial score (nSPS) is 10.9. The number of ether oxygens (including phenoxy) is 1. The van der Waals surface area contributed by atoms with E-state index in [1.807, 2.05) is 38.1 Å². The zero-order valence-corrected chi connectivity index (χ0v) is 14.1. The number of benzene rings is 1. The van der Waals surface area contributed by atoms with Crippen LogP contribution in [0, 0.1) is 0 Å². The van der Waals surface area contributed by atoms with Gasteiger partial charge in [0.1, 0.15) is 11.6 Å². The summed E-state index contributed by atoms with van der Waals surface area (Å²) in [6.07, 6.45) is 2.00. The van der Waals surface area contributed by atoms with E-state index in [4.69, 9.17) is 10.5 Å². The Bertz CT molecular complexity index is 629. The summed E-state index contributed by atoms with van der Waals surface area (Å²) in [6, 6.07) is 7.77. The van der Waals surface area contributed by atoms with Crippen LogP contribution in [-0.2, 0) is 6.42 Å². The van der Waals surface area contributed by atoms with Crippen LogP contribution in [0.2, 0.25) is 0 Å². The van der Waals surface area contributed by atoms with Crippen LogP contribution in [0.1, 0.15) is 32.9 Å². The highest BCUT2D eigenvalue weighted by Crippen LogP contribution is 2.27. The highest BCUT2D eigenvalue weighted by Gasteiger charge is 2.11. The molecule has 1 heterocycles. The fourth-order valence-corrected chi connectivity index (χ4v) is 2.40. The zero-order valence-electron chi connectivity index (χ0n) is 12.6. The molecule has 0 saturated heterocycles. The minimum Gasteiger partial charge on any atom is -0.491 e. The average Bonchev–Trinajstić information content (AvgIpc) is 2.43. The van der Waals surface area contributed by atoms with Gasteiger partial charge in [0.25, 0.3) is 0 Å². The fourth-order valence-electron chi connectivity index (χ4n) is 2.03. The van der Waals surface area contributed by atoms with Gasteiger partial charge in [0.05, 0.1) is 16.3 Å². The number of hydrogen-bond acceptors (Lipinski definition) is 4. The molecular weight excluding hydrogens is 330 g/mol. The van der Waals surface area contributed by atoms with E-state index >= 15 is 0 Å². The molecule has 2 N–H and O–H groups in total. The van der Waals surface area contributed by atoms with Crippen molar-refractivity contribution in [1.82, 2.24) is 9.97 Å². The van der Waals surface area contributed by atoms with Crippen LogP contribution in [0.5, 0.6) is 5.75 Å². The molecule has 0 amide bonds. The highest BCUT2D eigenvalue weighted by molar-refractivity contribution is 9.10. The highest BCUT2D eigenvalue weighted by atomic mass is 79.9. The number of aromatic nitrogens is 2. The van der Waals surface area contributed by atoms with Crippen molar-refractivity contribution < 1.29 is 4.74 Å². The van der Waals surface area contributed by atoms with E-state index in [1.165, 1.54) is 0 Å². The monoisotopic (exact) mass is 349 g/mol. The van der Waals surface area contributed by atoms with Crippen molar-refractivity contribution in [2.75, 3.05) is 5.73 Å². The summed E-state index contributed by atoms with van der Waals surface area (Å²) in [7, 11) is 0. The molecule has 0 aliphatic heterocycles. The average molecular weight is 350 g/mol. The number of halogens is 1. The Morgan fingerprint density at radius 2 is 2.05 bits per heavy atom. The number of anilines is 1. The third kappa shape index (κ3) is 3.94. The molecule has 0 unspecified atom stereocenters. The van der Waals surface area contributed by atoms with Gasteiger partial charge in [0.15, 0.2) is 5.82 Å². The van der Waals surface area contributed by atoms with Crippen molar-refractivity contribution in [3.63, 3.8) is 0 Å². The molecule has 0 aliphatic carbocycles. The first-order valence-electron chi connectivity index (χ1n) is 7.10. The van der Waals surface area contributed by atoms with Crippen LogP contribution < -0.4 is 10.5 Å². The topological polar surface area (TPSA) is 61.0 Å². The van der Waals surface area contributed by atoms with Gasteiger partial charge in [-0.15, -0.1) is 0 Å². The SMILES string of the molecule is CCCc1nc(-c2cccc(OC(C)C)c2)nc(N)c1Br. The van der Waals surface area contributed by atoms with Gasteiger partial charge in [-0.25, -0.2) is 9.97 Å². The molecular formula is C16H20BrN3O. The van der Waals surface area contributed by atoms with Gasteiger partial charge in [-0.1, -0.05) is 25.5 Å². The molecule has 2 rings (SSSR count). The third-order valence-electron chi connectivity index (χ3n) is 2.90. The number of nitrogens with two attached hydrogens (primary N) is 1. The summed E-state index contributed by atoms with van der Waals surface area (Å²) in [6.45, 7) is 6.11. The molecule has 1 aromatic carbocycles. The summed E-state index contributed by atoms with van der Waals surface area (Å²) in [5.74, 6) is 1.91. The van der Waals surface area contributed by atoms with Gasteiger partial charge in [0.2, 0.25) is 0 Å². The van der Waals surface area contributed by atoms with Crippen LogP contribution in [0.3, 0.4) is 0 Å². The van der Waals surface area contributed by atoms with E-state index in [0.29, 0.717) is 11.6 Å². The summed E-state index contributed by atoms with van der Waals surface area (Å²) < 4.78 is 6.51. The van der Waals surface area contributed by atoms with Crippen molar-refractivity contribution in [1.29, 1.82) is 0 Å². The van der Waals surface area contributed by atoms with Gasteiger partial charge in [-0.2, -0.15) is 0 Å². The van der Waals surface area contributed by atoms with Gasteiger partial charge >= 0.3 is 0 Å². The number of hydrogen-bond donors (Lipinski definition) is 1. The quantitative estimate of drug-likeness (QED) is 0.877. The van der Waals surface area contributed by atoms with E-state index in [0.717, 1.165) is 34.3 Å². The molecule has 2 aromatic rings. The summed E-state index contributed by atoms with van der Waals surface area (Å²) >= 11 is 3.46. The van der Waals surface area contributed by atoms with Gasteiger partial charge < -0.3 is 10.5 Å². The van der Waals surface area contributed by atoms with Crippen LogP contribution >= 0.6 is 15.9 Å². The molecule has 0 atom stereocenters. The summed E-state index contributed by atoms with van der Waals surface area (Å²) in [5, 5.41) is 0. The number of nitrogen functional groups attached to an aromatic ring is 1. The van der Waals surface area contributed by atoms with E-state index in [1.54, 1.807) is 0 Å². The zero-order chi connectivity index (χ0) is 15.4. The molecule has 0 bridgehead atoms. The van der Waals surface area contributed by atoms with Gasteiger partial charge in [-0.3, -0.25) is 0 Å². The van der Waals surface area contributed by atoms with Gasteiger partial charge in [-0.05, 0) is 48.3 Å². The molecule has 0 saturated carbocycles. The lowest BCUT2D eigenvalue weighted by atomic mass is 10.2. The maximum Gasteiger partial charge on any atom is 0.161 e. The van der Waals surface area contributed by atoms with Crippen molar-refractivity contribution in [3.8, 4) is 17.1 Å². The Labute approximate surface area is 133 Å². The maximum absolute atomic E-state index is 5.98. The fraction of sp³-hybridized carbons (Fsp3) is 0.375. The van der Waals surface area contributed by atoms with E-state index < -0.39 is 0 Å². The predicted molar refractivity (Wildman–Crippen MR) is 89.3 cm³/mol.